The van der Waals surface area contributed by atoms with Gasteiger partial charge in [0, 0.05) is 11.4 Å². The second-order valence-electron chi connectivity index (χ2n) is 4.15. The highest BCUT2D eigenvalue weighted by Crippen LogP contribution is 2.30. The summed E-state index contributed by atoms with van der Waals surface area (Å²) < 4.78 is 0. The number of carbonyl (C=O) groups excluding carboxylic acids is 1. The van der Waals surface area contributed by atoms with E-state index in [1.165, 1.54) is 0 Å². The van der Waals surface area contributed by atoms with Gasteiger partial charge in [0.1, 0.15) is 0 Å². The lowest BCUT2D eigenvalue weighted by Gasteiger charge is -2.33. The molecule has 1 aromatic rings. The van der Waals surface area contributed by atoms with Gasteiger partial charge in [-0.1, -0.05) is 12.1 Å². The molecule has 1 unspecified atom stereocenters. The molecule has 1 atom stereocenters. The number of benzene rings is 1. The molecule has 1 aromatic carbocycles. The number of hydrogen-bond acceptors (Lipinski definition) is 3. The Morgan fingerprint density at radius 2 is 2.18 bits per heavy atom. The van der Waals surface area contributed by atoms with Crippen LogP contribution in [-0.2, 0) is 4.79 Å². The second kappa shape index (κ2) is 5.56. The fourth-order valence-electron chi connectivity index (χ4n) is 2.24. The zero-order chi connectivity index (χ0) is 12.3. The largest absolute Gasteiger partial charge is 0.310 e. The van der Waals surface area contributed by atoms with Gasteiger partial charge in [0.2, 0.25) is 5.91 Å². The van der Waals surface area contributed by atoms with Crippen LogP contribution in [0.15, 0.2) is 29.2 Å². The molecule has 0 spiro atoms. The van der Waals surface area contributed by atoms with Crippen LogP contribution >= 0.6 is 11.8 Å². The average molecular weight is 250 g/mol. The van der Waals surface area contributed by atoms with Crippen LogP contribution < -0.4 is 10.2 Å². The van der Waals surface area contributed by atoms with Crippen LogP contribution in [0.2, 0.25) is 0 Å². The van der Waals surface area contributed by atoms with Crippen LogP contribution in [0.25, 0.3) is 0 Å². The van der Waals surface area contributed by atoms with Crippen molar-refractivity contribution in [2.24, 2.45) is 0 Å². The number of rotatable bonds is 3. The molecule has 0 aromatic heterocycles. The van der Waals surface area contributed by atoms with Gasteiger partial charge in [0.05, 0.1) is 11.7 Å². The molecule has 17 heavy (non-hydrogen) atoms. The predicted molar refractivity (Wildman–Crippen MR) is 72.7 cm³/mol. The van der Waals surface area contributed by atoms with E-state index in [1.807, 2.05) is 36.4 Å². The summed E-state index contributed by atoms with van der Waals surface area (Å²) >= 11 is 1.69. The third-order valence-electron chi connectivity index (χ3n) is 3.16. The van der Waals surface area contributed by atoms with Gasteiger partial charge in [-0.15, -0.1) is 11.8 Å². The molecule has 1 N–H and O–H groups in total. The number of thioether (sulfide) groups is 1. The maximum Gasteiger partial charge on any atom is 0.244 e. The molecule has 1 aliphatic heterocycles. The fraction of sp³-hybridized carbons (Fsp3) is 0.462. The lowest BCUT2D eigenvalue weighted by atomic mass is 10.0. The molecule has 92 valence electrons. The van der Waals surface area contributed by atoms with Crippen molar-refractivity contribution in [3.8, 4) is 0 Å². The summed E-state index contributed by atoms with van der Waals surface area (Å²) in [7, 11) is 1.85. The third-order valence-corrected chi connectivity index (χ3v) is 3.95. The molecule has 1 heterocycles. The van der Waals surface area contributed by atoms with Crippen molar-refractivity contribution in [2.45, 2.75) is 23.8 Å². The van der Waals surface area contributed by atoms with Crippen molar-refractivity contribution in [1.82, 2.24) is 5.32 Å². The molecular weight excluding hydrogens is 232 g/mol. The van der Waals surface area contributed by atoms with Gasteiger partial charge in [0.15, 0.2) is 0 Å². The number of carbonyl (C=O) groups is 1. The molecule has 4 heteroatoms. The number of anilines is 1. The summed E-state index contributed by atoms with van der Waals surface area (Å²) in [6, 6.07) is 8.07. The van der Waals surface area contributed by atoms with Crippen molar-refractivity contribution in [1.29, 1.82) is 0 Å². The van der Waals surface area contributed by atoms with E-state index >= 15 is 0 Å². The highest BCUT2D eigenvalue weighted by Gasteiger charge is 2.29. The predicted octanol–water partition coefficient (Wildman–Crippen LogP) is 2.12. The first-order chi connectivity index (χ1) is 8.27. The van der Waals surface area contributed by atoms with Gasteiger partial charge in [-0.2, -0.15) is 0 Å². The highest BCUT2D eigenvalue weighted by atomic mass is 32.2. The minimum absolute atomic E-state index is 0.0290. The summed E-state index contributed by atoms with van der Waals surface area (Å²) in [5.74, 6) is 0.195. The SMILES string of the molecule is CNC1CCCN(c2ccccc2SC)C1=O. The Morgan fingerprint density at radius 3 is 2.88 bits per heavy atom. The minimum Gasteiger partial charge on any atom is -0.310 e. The molecule has 0 saturated carbocycles. The monoisotopic (exact) mass is 250 g/mol. The van der Waals surface area contributed by atoms with Crippen LogP contribution in [-0.4, -0.2) is 31.8 Å². The van der Waals surface area contributed by atoms with Gasteiger partial charge in [-0.05, 0) is 38.3 Å². The first-order valence-electron chi connectivity index (χ1n) is 5.89. The van der Waals surface area contributed by atoms with E-state index in [0.717, 1.165) is 30.0 Å². The first kappa shape index (κ1) is 12.5. The van der Waals surface area contributed by atoms with Crippen LogP contribution in [0.5, 0.6) is 0 Å². The lowest BCUT2D eigenvalue weighted by molar-refractivity contribution is -0.121. The average Bonchev–Trinajstić information content (AvgIpc) is 2.39. The summed E-state index contributed by atoms with van der Waals surface area (Å²) in [6.07, 6.45) is 4.04. The Balaban J connectivity index is 2.29. The molecule has 0 radical (unpaired) electrons. The van der Waals surface area contributed by atoms with Gasteiger partial charge < -0.3 is 10.2 Å². The van der Waals surface area contributed by atoms with Gasteiger partial charge >= 0.3 is 0 Å². The van der Waals surface area contributed by atoms with Crippen molar-refractivity contribution >= 4 is 23.4 Å². The standard InChI is InChI=1S/C13H18N2OS/c1-14-10-6-5-9-15(13(10)16)11-7-3-4-8-12(11)17-2/h3-4,7-8,10,14H,5-6,9H2,1-2H3. The van der Waals surface area contributed by atoms with Gasteiger partial charge in [-0.3, -0.25) is 4.79 Å². The number of piperidine rings is 1. The van der Waals surface area contributed by atoms with Gasteiger partial charge in [0.25, 0.3) is 0 Å². The number of amides is 1. The molecule has 2 rings (SSSR count). The second-order valence-corrected chi connectivity index (χ2v) is 4.99. The molecule has 0 bridgehead atoms. The number of nitrogens with zero attached hydrogens (tertiary/aromatic N) is 1. The van der Waals surface area contributed by atoms with E-state index in [2.05, 4.69) is 11.4 Å². The molecule has 3 nitrogen and oxygen atoms in total. The fourth-order valence-corrected chi connectivity index (χ4v) is 2.84. The topological polar surface area (TPSA) is 32.3 Å². The molecular formula is C13H18N2OS. The molecule has 1 aliphatic rings. The van der Waals surface area contributed by atoms with E-state index < -0.39 is 0 Å². The quantitative estimate of drug-likeness (QED) is 0.834. The zero-order valence-corrected chi connectivity index (χ0v) is 11.1. The Labute approximate surface area is 107 Å². The Morgan fingerprint density at radius 1 is 1.41 bits per heavy atom. The van der Waals surface area contributed by atoms with Crippen molar-refractivity contribution < 1.29 is 4.79 Å². The maximum atomic E-state index is 12.3. The van der Waals surface area contributed by atoms with E-state index in [0.29, 0.717) is 0 Å². The Kier molecular flexibility index (Phi) is 4.07. The van der Waals surface area contributed by atoms with Crippen LogP contribution in [0.1, 0.15) is 12.8 Å². The van der Waals surface area contributed by atoms with Crippen molar-refractivity contribution in [2.75, 3.05) is 24.7 Å². The summed E-state index contributed by atoms with van der Waals surface area (Å²) in [5, 5.41) is 3.09. The number of likely N-dealkylation sites (N-methyl/N-ethyl adjacent to an activating group) is 1. The molecule has 1 fully saturated rings. The lowest BCUT2D eigenvalue weighted by Crippen LogP contribution is -2.49. The van der Waals surface area contributed by atoms with Crippen LogP contribution in [0.4, 0.5) is 5.69 Å². The summed E-state index contributed by atoms with van der Waals surface area (Å²) in [6.45, 7) is 0.828. The zero-order valence-electron chi connectivity index (χ0n) is 10.3. The number of para-hydroxylation sites is 1. The van der Waals surface area contributed by atoms with E-state index in [4.69, 9.17) is 0 Å². The number of hydrogen-bond donors (Lipinski definition) is 1. The normalized spacial score (nSPS) is 20.7. The van der Waals surface area contributed by atoms with Gasteiger partial charge in [-0.25, -0.2) is 0 Å². The Hall–Kier alpha value is -1.00. The van der Waals surface area contributed by atoms with Crippen molar-refractivity contribution in [3.05, 3.63) is 24.3 Å². The third kappa shape index (κ3) is 2.48. The first-order valence-corrected chi connectivity index (χ1v) is 7.12. The number of nitrogens with one attached hydrogen (secondary N) is 1. The maximum absolute atomic E-state index is 12.3. The van der Waals surface area contributed by atoms with Crippen LogP contribution in [0.3, 0.4) is 0 Å². The smallest absolute Gasteiger partial charge is 0.244 e. The highest BCUT2D eigenvalue weighted by molar-refractivity contribution is 7.98. The Bertz CT molecular complexity index is 408. The summed E-state index contributed by atoms with van der Waals surface area (Å²) in [4.78, 5) is 15.4. The van der Waals surface area contributed by atoms with E-state index in [1.54, 1.807) is 11.8 Å². The summed E-state index contributed by atoms with van der Waals surface area (Å²) in [5.41, 5.74) is 1.05. The van der Waals surface area contributed by atoms with E-state index in [9.17, 15) is 4.79 Å². The van der Waals surface area contributed by atoms with E-state index in [-0.39, 0.29) is 11.9 Å². The molecule has 0 aliphatic carbocycles. The molecule has 1 saturated heterocycles. The molecule has 1 amide bonds. The van der Waals surface area contributed by atoms with Crippen molar-refractivity contribution in [3.63, 3.8) is 0 Å². The minimum atomic E-state index is -0.0290. The van der Waals surface area contributed by atoms with Crippen LogP contribution in [0, 0.1) is 0 Å².